The molecule has 2 N–H and O–H groups in total. The molecule has 5 heteroatoms. The van der Waals surface area contributed by atoms with Gasteiger partial charge in [0.15, 0.2) is 0 Å². The Labute approximate surface area is 102 Å². The van der Waals surface area contributed by atoms with E-state index in [-0.39, 0.29) is 6.04 Å². The standard InChI is InChI=1S/C12H25F3N2/c1-11(2)17(10-12(13,14)15)9-7-5-3-4-6-8-16/h11H,3-10,16H2,1-2H3. The Morgan fingerprint density at radius 1 is 1.00 bits per heavy atom. The molecule has 0 amide bonds. The first-order chi connectivity index (χ1) is 7.87. The molecule has 0 unspecified atom stereocenters. The molecule has 0 radical (unpaired) electrons. The van der Waals surface area contributed by atoms with E-state index in [1.807, 2.05) is 0 Å². The van der Waals surface area contributed by atoms with Crippen molar-refractivity contribution in [2.75, 3.05) is 19.6 Å². The van der Waals surface area contributed by atoms with Crippen LogP contribution in [0.5, 0.6) is 0 Å². The summed E-state index contributed by atoms with van der Waals surface area (Å²) in [5.41, 5.74) is 5.37. The van der Waals surface area contributed by atoms with Gasteiger partial charge in [-0.15, -0.1) is 0 Å². The van der Waals surface area contributed by atoms with E-state index >= 15 is 0 Å². The van der Waals surface area contributed by atoms with Crippen LogP contribution in [0.15, 0.2) is 0 Å². The van der Waals surface area contributed by atoms with Gasteiger partial charge in [0.1, 0.15) is 0 Å². The fraction of sp³-hybridized carbons (Fsp3) is 1.00. The number of halogens is 3. The molecule has 0 aromatic carbocycles. The van der Waals surface area contributed by atoms with Crippen LogP contribution in [0, 0.1) is 0 Å². The molecule has 0 spiro atoms. The lowest BCUT2D eigenvalue weighted by Crippen LogP contribution is -2.39. The van der Waals surface area contributed by atoms with Crippen LogP contribution < -0.4 is 5.73 Å². The average molecular weight is 254 g/mol. The van der Waals surface area contributed by atoms with Crippen molar-refractivity contribution in [3.8, 4) is 0 Å². The lowest BCUT2D eigenvalue weighted by Gasteiger charge is -2.27. The molecule has 0 aliphatic rings. The predicted octanol–water partition coefficient (Wildman–Crippen LogP) is 3.17. The monoisotopic (exact) mass is 254 g/mol. The van der Waals surface area contributed by atoms with Gasteiger partial charge in [-0.05, 0) is 39.8 Å². The van der Waals surface area contributed by atoms with Crippen molar-refractivity contribution in [1.29, 1.82) is 0 Å². The summed E-state index contributed by atoms with van der Waals surface area (Å²) in [5, 5.41) is 0. The van der Waals surface area contributed by atoms with Crippen molar-refractivity contribution in [1.82, 2.24) is 4.90 Å². The molecule has 0 aliphatic carbocycles. The maximum atomic E-state index is 12.3. The Hall–Kier alpha value is -0.290. The first kappa shape index (κ1) is 16.7. The summed E-state index contributed by atoms with van der Waals surface area (Å²) in [6.07, 6.45) is 0.882. The van der Waals surface area contributed by atoms with E-state index in [0.29, 0.717) is 13.1 Å². The van der Waals surface area contributed by atoms with Crippen LogP contribution in [0.25, 0.3) is 0 Å². The van der Waals surface area contributed by atoms with Crippen molar-refractivity contribution in [3.63, 3.8) is 0 Å². The fourth-order valence-corrected chi connectivity index (χ4v) is 1.74. The summed E-state index contributed by atoms with van der Waals surface area (Å²) in [4.78, 5) is 1.49. The summed E-state index contributed by atoms with van der Waals surface area (Å²) < 4.78 is 36.9. The molecule has 0 saturated carbocycles. The summed E-state index contributed by atoms with van der Waals surface area (Å²) in [5.74, 6) is 0. The molecule has 0 atom stereocenters. The summed E-state index contributed by atoms with van der Waals surface area (Å²) in [6, 6.07) is -0.0549. The van der Waals surface area contributed by atoms with Gasteiger partial charge in [-0.2, -0.15) is 13.2 Å². The molecule has 0 fully saturated rings. The van der Waals surface area contributed by atoms with Crippen molar-refractivity contribution >= 4 is 0 Å². The first-order valence-electron chi connectivity index (χ1n) is 6.37. The molecule has 0 heterocycles. The van der Waals surface area contributed by atoms with Crippen LogP contribution >= 0.6 is 0 Å². The van der Waals surface area contributed by atoms with Crippen LogP contribution in [0.4, 0.5) is 13.2 Å². The topological polar surface area (TPSA) is 29.3 Å². The Kier molecular flexibility index (Phi) is 8.60. The van der Waals surface area contributed by atoms with Gasteiger partial charge in [-0.25, -0.2) is 0 Å². The van der Waals surface area contributed by atoms with Crippen molar-refractivity contribution < 1.29 is 13.2 Å². The number of alkyl halides is 3. The third-order valence-electron chi connectivity index (χ3n) is 2.76. The molecule has 17 heavy (non-hydrogen) atoms. The van der Waals surface area contributed by atoms with E-state index in [1.165, 1.54) is 4.90 Å². The molecular weight excluding hydrogens is 229 g/mol. The molecule has 0 aromatic rings. The minimum atomic E-state index is -4.09. The van der Waals surface area contributed by atoms with Gasteiger partial charge in [-0.1, -0.05) is 19.3 Å². The number of hydrogen-bond acceptors (Lipinski definition) is 2. The highest BCUT2D eigenvalue weighted by Crippen LogP contribution is 2.18. The Balaban J connectivity index is 3.71. The van der Waals surface area contributed by atoms with Crippen LogP contribution in [0.3, 0.4) is 0 Å². The lowest BCUT2D eigenvalue weighted by atomic mass is 10.1. The zero-order valence-corrected chi connectivity index (χ0v) is 10.9. The maximum absolute atomic E-state index is 12.3. The molecule has 0 bridgehead atoms. The smallest absolute Gasteiger partial charge is 0.330 e. The minimum absolute atomic E-state index is 0.0549. The van der Waals surface area contributed by atoms with Crippen molar-refractivity contribution in [2.45, 2.75) is 58.2 Å². The zero-order chi connectivity index (χ0) is 13.3. The van der Waals surface area contributed by atoms with Crippen molar-refractivity contribution in [3.05, 3.63) is 0 Å². The highest BCUT2D eigenvalue weighted by molar-refractivity contribution is 4.67. The molecule has 0 saturated heterocycles. The third-order valence-corrected chi connectivity index (χ3v) is 2.76. The van der Waals surface area contributed by atoms with Gasteiger partial charge in [0.2, 0.25) is 0 Å². The van der Waals surface area contributed by atoms with Crippen LogP contribution in [-0.2, 0) is 0 Å². The predicted molar refractivity (Wildman–Crippen MR) is 64.9 cm³/mol. The second kappa shape index (κ2) is 8.75. The number of nitrogens with two attached hydrogens (primary N) is 1. The summed E-state index contributed by atoms with van der Waals surface area (Å²) in [6.45, 7) is 4.04. The Morgan fingerprint density at radius 2 is 1.53 bits per heavy atom. The van der Waals surface area contributed by atoms with Crippen LogP contribution in [0.2, 0.25) is 0 Å². The molecule has 0 aliphatic heterocycles. The number of hydrogen-bond donors (Lipinski definition) is 1. The molecule has 0 rings (SSSR count). The van der Waals surface area contributed by atoms with Gasteiger partial charge in [0.05, 0.1) is 6.54 Å². The van der Waals surface area contributed by atoms with E-state index in [9.17, 15) is 13.2 Å². The van der Waals surface area contributed by atoms with E-state index in [1.54, 1.807) is 13.8 Å². The Bertz CT molecular complexity index is 181. The van der Waals surface area contributed by atoms with Gasteiger partial charge < -0.3 is 5.73 Å². The van der Waals surface area contributed by atoms with Gasteiger partial charge in [-0.3, -0.25) is 4.90 Å². The fourth-order valence-electron chi connectivity index (χ4n) is 1.74. The molecule has 0 aromatic heterocycles. The average Bonchev–Trinajstić information content (AvgIpc) is 2.19. The van der Waals surface area contributed by atoms with E-state index in [2.05, 4.69) is 0 Å². The second-order valence-corrected chi connectivity index (χ2v) is 4.74. The van der Waals surface area contributed by atoms with E-state index < -0.39 is 12.7 Å². The van der Waals surface area contributed by atoms with E-state index in [0.717, 1.165) is 32.1 Å². The second-order valence-electron chi connectivity index (χ2n) is 4.74. The van der Waals surface area contributed by atoms with Gasteiger partial charge >= 0.3 is 6.18 Å². The van der Waals surface area contributed by atoms with E-state index in [4.69, 9.17) is 5.73 Å². The minimum Gasteiger partial charge on any atom is -0.330 e. The van der Waals surface area contributed by atoms with Crippen molar-refractivity contribution in [2.24, 2.45) is 5.73 Å². The zero-order valence-electron chi connectivity index (χ0n) is 10.9. The van der Waals surface area contributed by atoms with Crippen LogP contribution in [0.1, 0.15) is 46.0 Å². The van der Waals surface area contributed by atoms with Gasteiger partial charge in [0, 0.05) is 6.04 Å². The first-order valence-corrected chi connectivity index (χ1v) is 6.37. The molecular formula is C12H25F3N2. The normalized spacial score (nSPS) is 12.7. The maximum Gasteiger partial charge on any atom is 0.401 e. The SMILES string of the molecule is CC(C)N(CCCCCCCN)CC(F)(F)F. The number of nitrogens with zero attached hydrogens (tertiary/aromatic N) is 1. The Morgan fingerprint density at radius 3 is 2.00 bits per heavy atom. The summed E-state index contributed by atoms with van der Waals surface area (Å²) >= 11 is 0. The molecule has 104 valence electrons. The highest BCUT2D eigenvalue weighted by Gasteiger charge is 2.31. The van der Waals surface area contributed by atoms with Gasteiger partial charge in [0.25, 0.3) is 0 Å². The van der Waals surface area contributed by atoms with Crippen LogP contribution in [-0.4, -0.2) is 36.8 Å². The quantitative estimate of drug-likeness (QED) is 0.640. The lowest BCUT2D eigenvalue weighted by molar-refractivity contribution is -0.149. The molecule has 2 nitrogen and oxygen atoms in total. The number of rotatable bonds is 9. The highest BCUT2D eigenvalue weighted by atomic mass is 19.4. The number of unbranched alkanes of at least 4 members (excludes halogenated alkanes) is 4. The third kappa shape index (κ3) is 10.6. The summed E-state index contributed by atoms with van der Waals surface area (Å²) in [7, 11) is 0. The largest absolute Gasteiger partial charge is 0.401 e.